The van der Waals surface area contributed by atoms with Gasteiger partial charge in [0.25, 0.3) is 5.91 Å². The molecule has 0 radical (unpaired) electrons. The number of carbonyl (C=O) groups excluding carboxylic acids is 3. The summed E-state index contributed by atoms with van der Waals surface area (Å²) in [6, 6.07) is 23.3. The Morgan fingerprint density at radius 3 is 2.44 bits per heavy atom. The Hall–Kier alpha value is -7.31. The van der Waals surface area contributed by atoms with Crippen molar-refractivity contribution in [2.45, 2.75) is 89.7 Å². The molecule has 0 bridgehead atoms. The van der Waals surface area contributed by atoms with Crippen LogP contribution in [0.1, 0.15) is 107 Å². The number of nitrogens with zero attached hydrogens (tertiary/aromatic N) is 9. The van der Waals surface area contributed by atoms with Crippen molar-refractivity contribution in [3.8, 4) is 16.9 Å². The Bertz CT molecular complexity index is 3210. The van der Waals surface area contributed by atoms with E-state index in [0.29, 0.717) is 66.2 Å². The number of hydrogen-bond acceptors (Lipinski definition) is 14. The van der Waals surface area contributed by atoms with Crippen LogP contribution in [0.4, 0.5) is 16.8 Å². The maximum atomic E-state index is 13.6. The number of unbranched alkanes of at least 4 members (excludes halogenated alkanes) is 1. The van der Waals surface area contributed by atoms with Gasteiger partial charge in [0.05, 0.1) is 27.9 Å². The lowest BCUT2D eigenvalue weighted by atomic mass is 9.84. The Morgan fingerprint density at radius 1 is 0.822 bits per heavy atom. The van der Waals surface area contributed by atoms with Gasteiger partial charge < -0.3 is 19.6 Å². The van der Waals surface area contributed by atoms with Crippen LogP contribution in [-0.4, -0.2) is 109 Å². The zero-order chi connectivity index (χ0) is 50.2. The summed E-state index contributed by atoms with van der Waals surface area (Å²) >= 11 is 1.41. The molecule has 1 unspecified atom stereocenters. The van der Waals surface area contributed by atoms with E-state index < -0.39 is 11.9 Å². The summed E-state index contributed by atoms with van der Waals surface area (Å²) in [4.78, 5) is 76.4. The third-order valence-electron chi connectivity index (χ3n) is 15.3. The number of ether oxygens (including phenoxy) is 1. The number of aromatic carboxylic acids is 1. The first-order chi connectivity index (χ1) is 35.5. The molecule has 1 atom stereocenters. The number of piperidine rings is 1. The Labute approximate surface area is 427 Å². The quantitative estimate of drug-likeness (QED) is 0.0694. The number of aryl methyl sites for hydroxylation is 1. The highest BCUT2D eigenvalue weighted by atomic mass is 32.1. The van der Waals surface area contributed by atoms with Crippen LogP contribution in [0.15, 0.2) is 79.0 Å². The SMILES string of the molecule is Cc1c(OC2CCC(CCCCN3CCN(c4ccc5c(C6CCC(=O)NC6=O)nn(C)c5n4)CC3)CC2)cccc1-c1ccc(N2CCc3ccnc(C(=O)Nc4nc5ccccc5s4)c3C2)nc1C(=O)O. The minimum Gasteiger partial charge on any atom is -0.490 e. The van der Waals surface area contributed by atoms with Crippen molar-refractivity contribution in [1.82, 2.24) is 39.9 Å². The van der Waals surface area contributed by atoms with Gasteiger partial charge in [0.15, 0.2) is 16.5 Å². The number of imide groups is 1. The number of piperazine rings is 1. The molecule has 4 aliphatic rings. The van der Waals surface area contributed by atoms with E-state index >= 15 is 0 Å². The molecule has 18 heteroatoms. The number of anilines is 3. The monoisotopic (exact) mass is 1000 g/mol. The van der Waals surface area contributed by atoms with Crippen molar-refractivity contribution >= 4 is 73.0 Å². The first kappa shape index (κ1) is 48.0. The molecule has 1 saturated carbocycles. The van der Waals surface area contributed by atoms with Gasteiger partial charge in [-0.05, 0) is 130 Å². The Kier molecular flexibility index (Phi) is 13.6. The topological polar surface area (TPSA) is 201 Å². The summed E-state index contributed by atoms with van der Waals surface area (Å²) in [7, 11) is 1.86. The third kappa shape index (κ3) is 10.1. The highest BCUT2D eigenvalue weighted by molar-refractivity contribution is 7.22. The Morgan fingerprint density at radius 2 is 1.63 bits per heavy atom. The van der Waals surface area contributed by atoms with Crippen molar-refractivity contribution in [3.05, 3.63) is 113 Å². The standard InChI is InChI=1S/C55H59N11O6S/c1-33-37(38-17-20-45(58-50(38)54(70)71)66-27-24-35-23-25-56-49(41(35)32-66)53(69)61-55-57-42-10-3-4-12-44(42)73-55)9-7-11-43(33)72-36-15-13-34(14-16-36)8-5-6-26-64-28-30-65(31-29-64)46-21-18-39-48(62-63(2)51(39)59-46)40-19-22-47(67)60-52(40)68/h3-4,7,9-12,17-18,20-21,23,25,34,36,40H,5-6,8,13-16,19,22,24,26-32H2,1-2H3,(H,70,71)(H,57,61,69)(H,60,67,68). The van der Waals surface area contributed by atoms with Crippen LogP contribution in [0.25, 0.3) is 32.4 Å². The minimum atomic E-state index is -1.11. The number of fused-ring (bicyclic) bond motifs is 3. The maximum Gasteiger partial charge on any atom is 0.355 e. The van der Waals surface area contributed by atoms with Crippen LogP contribution in [0, 0.1) is 12.8 Å². The van der Waals surface area contributed by atoms with E-state index in [4.69, 9.17) is 14.7 Å². The van der Waals surface area contributed by atoms with E-state index in [1.807, 2.05) is 91.7 Å². The van der Waals surface area contributed by atoms with Crippen LogP contribution in [0.5, 0.6) is 5.75 Å². The van der Waals surface area contributed by atoms with Gasteiger partial charge in [-0.3, -0.25) is 39.6 Å². The second kappa shape index (κ2) is 20.7. The molecule has 3 aliphatic heterocycles. The molecular weight excluding hydrogens is 943 g/mol. The number of carbonyl (C=O) groups is 4. The van der Waals surface area contributed by atoms with Crippen LogP contribution in [0.3, 0.4) is 0 Å². The number of carboxylic acid groups (broad SMARTS) is 1. The zero-order valence-electron chi connectivity index (χ0n) is 41.2. The average Bonchev–Trinajstić information content (AvgIpc) is 3.97. The summed E-state index contributed by atoms with van der Waals surface area (Å²) in [6.07, 6.45) is 11.0. The molecular formula is C55H59N11O6S. The summed E-state index contributed by atoms with van der Waals surface area (Å²) in [5.74, 6) is 0.482. The number of aromatic nitrogens is 6. The number of thiazole rings is 1. The number of pyridine rings is 3. The fraction of sp³-hybridized carbons (Fsp3) is 0.400. The van der Waals surface area contributed by atoms with Crippen LogP contribution in [-0.2, 0) is 29.6 Å². The van der Waals surface area contributed by atoms with Gasteiger partial charge in [-0.2, -0.15) is 5.10 Å². The number of nitrogens with one attached hydrogen (secondary N) is 2. The highest BCUT2D eigenvalue weighted by Gasteiger charge is 2.33. The number of para-hydroxylation sites is 1. The fourth-order valence-corrected chi connectivity index (χ4v) is 12.1. The molecule has 2 aromatic carbocycles. The molecule has 73 heavy (non-hydrogen) atoms. The smallest absolute Gasteiger partial charge is 0.355 e. The van der Waals surface area contributed by atoms with Crippen molar-refractivity contribution in [1.29, 1.82) is 0 Å². The maximum absolute atomic E-state index is 13.6. The van der Waals surface area contributed by atoms with E-state index in [1.54, 1.807) is 10.9 Å². The van der Waals surface area contributed by atoms with Crippen molar-refractivity contribution in [2.24, 2.45) is 13.0 Å². The summed E-state index contributed by atoms with van der Waals surface area (Å²) in [5.41, 5.74) is 6.54. The lowest BCUT2D eigenvalue weighted by molar-refractivity contribution is -0.134. The zero-order valence-corrected chi connectivity index (χ0v) is 42.0. The molecule has 5 aromatic heterocycles. The van der Waals surface area contributed by atoms with Gasteiger partial charge in [-0.25, -0.2) is 19.7 Å². The Balaban J connectivity index is 0.649. The predicted molar refractivity (Wildman–Crippen MR) is 280 cm³/mol. The number of carboxylic acids is 1. The van der Waals surface area contributed by atoms with E-state index in [2.05, 4.69) is 35.5 Å². The molecule has 2 saturated heterocycles. The molecule has 17 nitrogen and oxygen atoms in total. The van der Waals surface area contributed by atoms with Crippen LogP contribution in [0.2, 0.25) is 0 Å². The molecule has 1 aliphatic carbocycles. The van der Waals surface area contributed by atoms with E-state index in [-0.39, 0.29) is 29.5 Å². The van der Waals surface area contributed by atoms with Crippen LogP contribution < -0.4 is 25.2 Å². The average molecular weight is 1000 g/mol. The summed E-state index contributed by atoms with van der Waals surface area (Å²) < 4.78 is 9.40. The lowest BCUT2D eigenvalue weighted by Crippen LogP contribution is -2.46. The van der Waals surface area contributed by atoms with Crippen molar-refractivity contribution in [3.63, 3.8) is 0 Å². The molecule has 0 spiro atoms. The second-order valence-corrected chi connectivity index (χ2v) is 20.9. The lowest BCUT2D eigenvalue weighted by Gasteiger charge is -2.35. The molecule has 7 aromatic rings. The van der Waals surface area contributed by atoms with E-state index in [0.717, 1.165) is 113 Å². The highest BCUT2D eigenvalue weighted by Crippen LogP contribution is 2.38. The molecule has 3 N–H and O–H groups in total. The minimum absolute atomic E-state index is 0.0350. The number of amides is 3. The molecule has 3 fully saturated rings. The first-order valence-electron chi connectivity index (χ1n) is 25.6. The summed E-state index contributed by atoms with van der Waals surface area (Å²) in [6.45, 7) is 7.81. The van der Waals surface area contributed by atoms with Gasteiger partial charge in [0.1, 0.15) is 23.1 Å². The largest absolute Gasteiger partial charge is 0.490 e. The van der Waals surface area contributed by atoms with E-state index in [1.165, 1.54) is 30.6 Å². The van der Waals surface area contributed by atoms with Gasteiger partial charge in [-0.15, -0.1) is 0 Å². The van der Waals surface area contributed by atoms with Gasteiger partial charge in [0.2, 0.25) is 11.8 Å². The van der Waals surface area contributed by atoms with E-state index in [9.17, 15) is 24.3 Å². The summed E-state index contributed by atoms with van der Waals surface area (Å²) in [5, 5.41) is 21.9. The number of hydrogen-bond donors (Lipinski definition) is 3. The van der Waals surface area contributed by atoms with Gasteiger partial charge >= 0.3 is 5.97 Å². The van der Waals surface area contributed by atoms with Crippen molar-refractivity contribution < 1.29 is 29.0 Å². The molecule has 8 heterocycles. The first-order valence-corrected chi connectivity index (χ1v) is 26.4. The molecule has 376 valence electrons. The second-order valence-electron chi connectivity index (χ2n) is 19.8. The fourth-order valence-electron chi connectivity index (χ4n) is 11.2. The van der Waals surface area contributed by atoms with Crippen molar-refractivity contribution in [2.75, 3.05) is 54.4 Å². The number of rotatable bonds is 14. The molecule has 11 rings (SSSR count). The number of benzene rings is 2. The normalized spacial score (nSPS) is 19.5. The van der Waals surface area contributed by atoms with Gasteiger partial charge in [0, 0.05) is 75.4 Å². The van der Waals surface area contributed by atoms with Crippen LogP contribution >= 0.6 is 11.3 Å². The predicted octanol–water partition coefficient (Wildman–Crippen LogP) is 8.31. The van der Waals surface area contributed by atoms with Gasteiger partial charge in [-0.1, -0.05) is 48.4 Å². The molecule has 3 amide bonds. The third-order valence-corrected chi connectivity index (χ3v) is 16.2.